The molecule has 0 unspecified atom stereocenters. The number of fused-ring (bicyclic) bond motifs is 1. The Morgan fingerprint density at radius 3 is 3.07 bits per heavy atom. The molecule has 0 aliphatic heterocycles. The summed E-state index contributed by atoms with van der Waals surface area (Å²) in [6.45, 7) is 0. The van der Waals surface area contributed by atoms with Crippen molar-refractivity contribution < 1.29 is 0 Å². The minimum absolute atomic E-state index is 0.442. The maximum Gasteiger partial charge on any atom is 0.170 e. The first-order valence-electron chi connectivity index (χ1n) is 4.44. The van der Waals surface area contributed by atoms with Crippen LogP contribution in [-0.2, 0) is 0 Å². The zero-order valence-corrected chi connectivity index (χ0v) is 7.75. The van der Waals surface area contributed by atoms with E-state index in [1.54, 1.807) is 10.9 Å². The van der Waals surface area contributed by atoms with E-state index in [4.69, 9.17) is 5.73 Å². The van der Waals surface area contributed by atoms with Crippen LogP contribution >= 0.6 is 0 Å². The van der Waals surface area contributed by atoms with E-state index in [1.165, 1.54) is 6.33 Å². The maximum atomic E-state index is 5.71. The number of nitrogens with two attached hydrogens (primary N) is 1. The van der Waals surface area contributed by atoms with Gasteiger partial charge in [0.2, 0.25) is 0 Å². The number of hydrogen-bond donors (Lipinski definition) is 2. The monoisotopic (exact) mass is 200 g/mol. The molecule has 0 aliphatic carbocycles. The van der Waals surface area contributed by atoms with Gasteiger partial charge in [-0.15, -0.1) is 0 Å². The van der Waals surface area contributed by atoms with Crippen molar-refractivity contribution in [1.82, 2.24) is 24.7 Å². The van der Waals surface area contributed by atoms with Gasteiger partial charge in [-0.25, -0.2) is 9.97 Å². The molecule has 3 aromatic heterocycles. The van der Waals surface area contributed by atoms with Crippen molar-refractivity contribution in [3.05, 3.63) is 30.9 Å². The molecule has 0 aromatic carbocycles. The SMILES string of the molecule is Nc1ncnc2c1cnn2-c1ccc[nH]1. The molecule has 3 rings (SSSR count). The standard InChI is InChI=1S/C9H8N6/c10-8-6-4-14-15(7-2-1-3-11-7)9(6)13-5-12-8/h1-5,11H,(H2,10,12,13). The van der Waals surface area contributed by atoms with Crippen molar-refractivity contribution in [2.24, 2.45) is 0 Å². The fraction of sp³-hybridized carbons (Fsp3) is 0. The van der Waals surface area contributed by atoms with E-state index >= 15 is 0 Å². The Kier molecular flexibility index (Phi) is 1.49. The van der Waals surface area contributed by atoms with Crippen LogP contribution in [0.1, 0.15) is 0 Å². The maximum absolute atomic E-state index is 5.71. The predicted octanol–water partition coefficient (Wildman–Crippen LogP) is 0.726. The van der Waals surface area contributed by atoms with Gasteiger partial charge in [0.05, 0.1) is 11.6 Å². The van der Waals surface area contributed by atoms with Crippen LogP contribution in [0.5, 0.6) is 0 Å². The summed E-state index contributed by atoms with van der Waals surface area (Å²) >= 11 is 0. The van der Waals surface area contributed by atoms with Gasteiger partial charge in [0.25, 0.3) is 0 Å². The molecule has 0 spiro atoms. The molecule has 0 saturated carbocycles. The largest absolute Gasteiger partial charge is 0.383 e. The fourth-order valence-electron chi connectivity index (χ4n) is 1.49. The minimum Gasteiger partial charge on any atom is -0.383 e. The Hall–Kier alpha value is -2.37. The molecular formula is C9H8N6. The third-order valence-corrected chi connectivity index (χ3v) is 2.21. The van der Waals surface area contributed by atoms with Crippen LogP contribution < -0.4 is 5.73 Å². The summed E-state index contributed by atoms with van der Waals surface area (Å²) < 4.78 is 1.69. The lowest BCUT2D eigenvalue weighted by atomic mass is 10.4. The van der Waals surface area contributed by atoms with Gasteiger partial charge < -0.3 is 10.7 Å². The van der Waals surface area contributed by atoms with E-state index in [1.807, 2.05) is 18.3 Å². The quantitative estimate of drug-likeness (QED) is 0.606. The first-order chi connectivity index (χ1) is 7.36. The number of H-pyrrole nitrogens is 1. The second-order valence-corrected chi connectivity index (χ2v) is 3.11. The van der Waals surface area contributed by atoms with Gasteiger partial charge in [0.1, 0.15) is 18.0 Å². The van der Waals surface area contributed by atoms with Crippen molar-refractivity contribution in [3.63, 3.8) is 0 Å². The van der Waals surface area contributed by atoms with E-state index in [0.29, 0.717) is 11.5 Å². The third kappa shape index (κ3) is 1.08. The highest BCUT2D eigenvalue weighted by Gasteiger charge is 2.08. The van der Waals surface area contributed by atoms with Crippen LogP contribution in [0.2, 0.25) is 0 Å². The molecule has 6 heteroatoms. The van der Waals surface area contributed by atoms with Gasteiger partial charge in [-0.05, 0) is 12.1 Å². The molecular weight excluding hydrogens is 192 g/mol. The topological polar surface area (TPSA) is 85.4 Å². The average Bonchev–Trinajstić information content (AvgIpc) is 2.85. The Morgan fingerprint density at radius 1 is 1.33 bits per heavy atom. The molecule has 0 fully saturated rings. The number of nitrogen functional groups attached to an aromatic ring is 1. The summed E-state index contributed by atoms with van der Waals surface area (Å²) in [5, 5.41) is 4.96. The number of aromatic nitrogens is 5. The van der Waals surface area contributed by atoms with Gasteiger partial charge in [-0.1, -0.05) is 0 Å². The fourth-order valence-corrected chi connectivity index (χ4v) is 1.49. The lowest BCUT2D eigenvalue weighted by molar-refractivity contribution is 0.870. The summed E-state index contributed by atoms with van der Waals surface area (Å²) in [6.07, 6.45) is 4.91. The Morgan fingerprint density at radius 2 is 2.27 bits per heavy atom. The van der Waals surface area contributed by atoms with E-state index in [9.17, 15) is 0 Å². The lowest BCUT2D eigenvalue weighted by Gasteiger charge is -1.98. The summed E-state index contributed by atoms with van der Waals surface area (Å²) in [5.41, 5.74) is 6.41. The van der Waals surface area contributed by atoms with E-state index in [0.717, 1.165) is 11.2 Å². The van der Waals surface area contributed by atoms with Crippen LogP contribution in [0.4, 0.5) is 5.82 Å². The van der Waals surface area contributed by atoms with Gasteiger partial charge in [0, 0.05) is 6.20 Å². The second-order valence-electron chi connectivity index (χ2n) is 3.11. The lowest BCUT2D eigenvalue weighted by Crippen LogP contribution is -1.98. The molecule has 0 atom stereocenters. The van der Waals surface area contributed by atoms with Crippen LogP contribution in [0, 0.1) is 0 Å². The molecule has 3 heterocycles. The molecule has 74 valence electrons. The van der Waals surface area contributed by atoms with Gasteiger partial charge in [-0.2, -0.15) is 9.78 Å². The van der Waals surface area contributed by atoms with E-state index < -0.39 is 0 Å². The highest BCUT2D eigenvalue weighted by atomic mass is 15.3. The predicted molar refractivity (Wildman–Crippen MR) is 55.4 cm³/mol. The van der Waals surface area contributed by atoms with Crippen molar-refractivity contribution in [2.45, 2.75) is 0 Å². The molecule has 0 saturated heterocycles. The Bertz CT molecular complexity index is 594. The molecule has 0 aliphatic rings. The Labute approximate surface area is 84.8 Å². The van der Waals surface area contributed by atoms with Crippen molar-refractivity contribution in [1.29, 1.82) is 0 Å². The first kappa shape index (κ1) is 7.98. The molecule has 0 radical (unpaired) electrons. The zero-order valence-electron chi connectivity index (χ0n) is 7.75. The minimum atomic E-state index is 0.442. The zero-order chi connectivity index (χ0) is 10.3. The van der Waals surface area contributed by atoms with Crippen molar-refractivity contribution >= 4 is 16.9 Å². The number of aromatic amines is 1. The van der Waals surface area contributed by atoms with Gasteiger partial charge in [-0.3, -0.25) is 0 Å². The van der Waals surface area contributed by atoms with Crippen LogP contribution in [0.3, 0.4) is 0 Å². The Balaban J connectivity index is 2.34. The number of rotatable bonds is 1. The highest BCUT2D eigenvalue weighted by Crippen LogP contribution is 2.17. The van der Waals surface area contributed by atoms with Crippen molar-refractivity contribution in [2.75, 3.05) is 5.73 Å². The molecule has 3 N–H and O–H groups in total. The summed E-state index contributed by atoms with van der Waals surface area (Å²) in [6, 6.07) is 3.80. The van der Waals surface area contributed by atoms with Crippen molar-refractivity contribution in [3.8, 4) is 5.82 Å². The summed E-state index contributed by atoms with van der Waals surface area (Å²) in [7, 11) is 0. The molecule has 0 bridgehead atoms. The van der Waals surface area contributed by atoms with Gasteiger partial charge in [0.15, 0.2) is 5.65 Å². The summed E-state index contributed by atoms with van der Waals surface area (Å²) in [4.78, 5) is 11.1. The van der Waals surface area contributed by atoms with Gasteiger partial charge >= 0.3 is 0 Å². The number of anilines is 1. The van der Waals surface area contributed by atoms with Crippen LogP contribution in [0.25, 0.3) is 16.9 Å². The van der Waals surface area contributed by atoms with E-state index in [-0.39, 0.29) is 0 Å². The number of nitrogens with zero attached hydrogens (tertiary/aromatic N) is 4. The molecule has 6 nitrogen and oxygen atoms in total. The first-order valence-corrected chi connectivity index (χ1v) is 4.44. The summed E-state index contributed by atoms with van der Waals surface area (Å²) in [5.74, 6) is 1.29. The van der Waals surface area contributed by atoms with E-state index in [2.05, 4.69) is 20.1 Å². The molecule has 15 heavy (non-hydrogen) atoms. The smallest absolute Gasteiger partial charge is 0.170 e. The number of nitrogens with one attached hydrogen (secondary N) is 1. The number of hydrogen-bond acceptors (Lipinski definition) is 4. The van der Waals surface area contributed by atoms with Crippen LogP contribution in [-0.4, -0.2) is 24.7 Å². The van der Waals surface area contributed by atoms with Crippen LogP contribution in [0.15, 0.2) is 30.9 Å². The highest BCUT2D eigenvalue weighted by molar-refractivity contribution is 5.85. The second kappa shape index (κ2) is 2.81. The average molecular weight is 200 g/mol. The normalized spacial score (nSPS) is 10.9. The molecule has 0 amide bonds. The molecule has 3 aromatic rings. The third-order valence-electron chi connectivity index (χ3n) is 2.21.